The summed E-state index contributed by atoms with van der Waals surface area (Å²) < 4.78 is 10.4. The Hall–Kier alpha value is -1.42. The molecule has 1 rings (SSSR count). The average molecular weight is 286 g/mol. The minimum absolute atomic E-state index is 0.0786. The lowest BCUT2D eigenvalue weighted by Crippen LogP contribution is -2.40. The van der Waals surface area contributed by atoms with Crippen LogP contribution in [0.2, 0.25) is 0 Å². The van der Waals surface area contributed by atoms with Crippen molar-refractivity contribution in [1.29, 1.82) is 0 Å². The molecule has 0 spiro atoms. The molecule has 0 aliphatic rings. The van der Waals surface area contributed by atoms with Gasteiger partial charge in [-0.3, -0.25) is 4.79 Å². The molecule has 1 aromatic carbocycles. The highest BCUT2D eigenvalue weighted by molar-refractivity contribution is 6.18. The van der Waals surface area contributed by atoms with E-state index in [1.165, 1.54) is 14.2 Å². The number of alkyl halides is 1. The summed E-state index contributed by atoms with van der Waals surface area (Å²) in [5, 5.41) is 2.90. The molecule has 0 saturated heterocycles. The average Bonchev–Trinajstić information content (AvgIpc) is 2.42. The lowest BCUT2D eigenvalue weighted by atomic mass is 10.1. The quantitative estimate of drug-likeness (QED) is 0.818. The van der Waals surface area contributed by atoms with Crippen molar-refractivity contribution in [3.8, 4) is 11.5 Å². The smallest absolute Gasteiger partial charge is 0.255 e. The highest BCUT2D eigenvalue weighted by Crippen LogP contribution is 2.30. The van der Waals surface area contributed by atoms with Crippen molar-refractivity contribution < 1.29 is 14.3 Å². The van der Waals surface area contributed by atoms with Crippen molar-refractivity contribution >= 4 is 17.5 Å². The van der Waals surface area contributed by atoms with E-state index in [2.05, 4.69) is 5.32 Å². The molecule has 1 N–H and O–H groups in total. The number of methoxy groups -OCH3 is 2. The fourth-order valence-electron chi connectivity index (χ4n) is 1.70. The molecule has 0 heterocycles. The summed E-state index contributed by atoms with van der Waals surface area (Å²) in [7, 11) is 3.05. The zero-order valence-corrected chi connectivity index (χ0v) is 12.5. The van der Waals surface area contributed by atoms with E-state index in [9.17, 15) is 4.79 Å². The predicted octanol–water partition coefficient (Wildman–Crippen LogP) is 2.70. The molecule has 1 amide bonds. The third-order valence-corrected chi connectivity index (χ3v) is 3.27. The largest absolute Gasteiger partial charge is 0.493 e. The lowest BCUT2D eigenvalue weighted by Gasteiger charge is -2.20. The van der Waals surface area contributed by atoms with E-state index >= 15 is 0 Å². The predicted molar refractivity (Wildman–Crippen MR) is 76.4 cm³/mol. The van der Waals surface area contributed by atoms with Crippen molar-refractivity contribution in [1.82, 2.24) is 5.32 Å². The first-order chi connectivity index (χ1) is 9.04. The number of hydrogen-bond acceptors (Lipinski definition) is 3. The van der Waals surface area contributed by atoms with Crippen molar-refractivity contribution in [3.05, 3.63) is 23.8 Å². The van der Waals surface area contributed by atoms with E-state index in [4.69, 9.17) is 21.1 Å². The van der Waals surface area contributed by atoms with Gasteiger partial charge in [0.05, 0.1) is 19.8 Å². The number of nitrogens with one attached hydrogen (secondary N) is 1. The van der Waals surface area contributed by atoms with Crippen molar-refractivity contribution in [2.45, 2.75) is 19.9 Å². The second-order valence-electron chi connectivity index (χ2n) is 4.52. The Bertz CT molecular complexity index is 435. The van der Waals surface area contributed by atoms with Crippen LogP contribution < -0.4 is 14.8 Å². The molecule has 1 unspecified atom stereocenters. The summed E-state index contributed by atoms with van der Waals surface area (Å²) in [6, 6.07) is 5.12. The van der Waals surface area contributed by atoms with Crippen LogP contribution in [-0.2, 0) is 0 Å². The number of hydrogen-bond donors (Lipinski definition) is 1. The molecule has 0 aliphatic carbocycles. The van der Waals surface area contributed by atoms with Crippen molar-refractivity contribution in [2.24, 2.45) is 5.92 Å². The minimum atomic E-state index is -0.213. The Labute approximate surface area is 119 Å². The highest BCUT2D eigenvalue weighted by atomic mass is 35.5. The molecule has 106 valence electrons. The number of amides is 1. The van der Waals surface area contributed by atoms with E-state index in [0.29, 0.717) is 22.9 Å². The summed E-state index contributed by atoms with van der Waals surface area (Å²) in [6.07, 6.45) is 0. The van der Waals surface area contributed by atoms with Crippen LogP contribution in [0.25, 0.3) is 0 Å². The monoisotopic (exact) mass is 285 g/mol. The fraction of sp³-hybridized carbons (Fsp3) is 0.500. The maximum Gasteiger partial charge on any atom is 0.255 e. The molecule has 0 aromatic heterocycles. The van der Waals surface area contributed by atoms with Gasteiger partial charge in [-0.25, -0.2) is 0 Å². The van der Waals surface area contributed by atoms with Gasteiger partial charge in [-0.15, -0.1) is 11.6 Å². The van der Waals surface area contributed by atoms with Gasteiger partial charge in [0.2, 0.25) is 0 Å². The molecule has 0 fully saturated rings. The SMILES string of the molecule is COc1cccc(C(=O)NC(CCl)C(C)C)c1OC. The molecular weight excluding hydrogens is 266 g/mol. The van der Waals surface area contributed by atoms with E-state index in [0.717, 1.165) is 0 Å². The second kappa shape index (κ2) is 7.24. The Balaban J connectivity index is 2.99. The Morgan fingerprint density at radius 3 is 2.47 bits per heavy atom. The summed E-state index contributed by atoms with van der Waals surface area (Å²) in [4.78, 5) is 12.3. The fourth-order valence-corrected chi connectivity index (χ4v) is 2.13. The van der Waals surface area contributed by atoms with Gasteiger partial charge >= 0.3 is 0 Å². The molecule has 4 nitrogen and oxygen atoms in total. The van der Waals surface area contributed by atoms with Gasteiger partial charge in [0, 0.05) is 11.9 Å². The van der Waals surface area contributed by atoms with E-state index in [1.54, 1.807) is 18.2 Å². The number of carbonyl (C=O) groups excluding carboxylic acids is 1. The molecule has 0 radical (unpaired) electrons. The molecule has 0 saturated carbocycles. The third kappa shape index (κ3) is 3.77. The zero-order chi connectivity index (χ0) is 14.4. The molecule has 0 aliphatic heterocycles. The van der Waals surface area contributed by atoms with Crippen LogP contribution in [0.1, 0.15) is 24.2 Å². The maximum atomic E-state index is 12.3. The summed E-state index contributed by atoms with van der Waals surface area (Å²) in [5.74, 6) is 1.38. The number of carbonyl (C=O) groups is 1. The zero-order valence-electron chi connectivity index (χ0n) is 11.7. The van der Waals surface area contributed by atoms with Gasteiger partial charge in [0.15, 0.2) is 11.5 Å². The Morgan fingerprint density at radius 1 is 1.32 bits per heavy atom. The minimum Gasteiger partial charge on any atom is -0.493 e. The normalized spacial score (nSPS) is 12.1. The van der Waals surface area contributed by atoms with Gasteiger partial charge in [-0.05, 0) is 18.1 Å². The summed E-state index contributed by atoms with van der Waals surface area (Å²) in [6.45, 7) is 4.02. The van der Waals surface area contributed by atoms with Gasteiger partial charge in [0.1, 0.15) is 0 Å². The van der Waals surface area contributed by atoms with Crippen LogP contribution in [0.4, 0.5) is 0 Å². The number of rotatable bonds is 6. The van der Waals surface area contributed by atoms with Gasteiger partial charge in [0.25, 0.3) is 5.91 Å². The standard InChI is InChI=1S/C14H20ClNO3/c1-9(2)11(8-15)16-14(17)10-6-5-7-12(18-3)13(10)19-4/h5-7,9,11H,8H2,1-4H3,(H,16,17). The first-order valence-electron chi connectivity index (χ1n) is 6.13. The van der Waals surface area contributed by atoms with Gasteiger partial charge < -0.3 is 14.8 Å². The molecule has 19 heavy (non-hydrogen) atoms. The van der Waals surface area contributed by atoms with E-state index in [1.807, 2.05) is 13.8 Å². The van der Waals surface area contributed by atoms with E-state index < -0.39 is 0 Å². The van der Waals surface area contributed by atoms with E-state index in [-0.39, 0.29) is 17.9 Å². The molecule has 1 aromatic rings. The summed E-state index contributed by atoms with van der Waals surface area (Å²) >= 11 is 5.86. The highest BCUT2D eigenvalue weighted by Gasteiger charge is 2.20. The van der Waals surface area contributed by atoms with Crippen LogP contribution in [0.15, 0.2) is 18.2 Å². The first-order valence-corrected chi connectivity index (χ1v) is 6.66. The number of benzene rings is 1. The first kappa shape index (κ1) is 15.6. The van der Waals surface area contributed by atoms with Crippen LogP contribution >= 0.6 is 11.6 Å². The lowest BCUT2D eigenvalue weighted by molar-refractivity contribution is 0.0927. The number of para-hydroxylation sites is 1. The van der Waals surface area contributed by atoms with Crippen LogP contribution in [0, 0.1) is 5.92 Å². The third-order valence-electron chi connectivity index (χ3n) is 2.94. The topological polar surface area (TPSA) is 47.6 Å². The maximum absolute atomic E-state index is 12.3. The van der Waals surface area contributed by atoms with Crippen LogP contribution in [0.3, 0.4) is 0 Å². The summed E-state index contributed by atoms with van der Waals surface area (Å²) in [5.41, 5.74) is 0.442. The van der Waals surface area contributed by atoms with Crippen molar-refractivity contribution in [3.63, 3.8) is 0 Å². The van der Waals surface area contributed by atoms with Gasteiger partial charge in [-0.2, -0.15) is 0 Å². The molecule has 1 atom stereocenters. The Morgan fingerprint density at radius 2 is 2.00 bits per heavy atom. The van der Waals surface area contributed by atoms with Crippen LogP contribution in [0.5, 0.6) is 11.5 Å². The molecule has 5 heteroatoms. The number of halogens is 1. The second-order valence-corrected chi connectivity index (χ2v) is 4.83. The Kier molecular flexibility index (Phi) is 5.96. The van der Waals surface area contributed by atoms with Gasteiger partial charge in [-0.1, -0.05) is 19.9 Å². The van der Waals surface area contributed by atoms with Crippen LogP contribution in [-0.4, -0.2) is 32.0 Å². The van der Waals surface area contributed by atoms with Crippen molar-refractivity contribution in [2.75, 3.05) is 20.1 Å². The molecular formula is C14H20ClNO3. The molecule has 0 bridgehead atoms. The number of ether oxygens (including phenoxy) is 2.